The van der Waals surface area contributed by atoms with Crippen molar-refractivity contribution in [2.45, 2.75) is 13.0 Å². The molecule has 0 saturated heterocycles. The van der Waals surface area contributed by atoms with E-state index in [1.807, 2.05) is 24.6 Å². The molecule has 3 rings (SSSR count). The van der Waals surface area contributed by atoms with Crippen LogP contribution in [0.2, 0.25) is 0 Å². The number of benzene rings is 2. The maximum Gasteiger partial charge on any atom is 0.251 e. The van der Waals surface area contributed by atoms with Crippen LogP contribution in [0, 0.1) is 5.82 Å². The molecule has 0 radical (unpaired) electrons. The SMILES string of the molecule is C[C@@H](NC(=O)c1ccc2c(c1)ncn2C)c1ccc(F)cc1. The predicted octanol–water partition coefficient (Wildman–Crippen LogP) is 3.20. The van der Waals surface area contributed by atoms with Crippen LogP contribution in [0.25, 0.3) is 11.0 Å². The van der Waals surface area contributed by atoms with E-state index in [-0.39, 0.29) is 17.8 Å². The Kier molecular flexibility index (Phi) is 3.63. The molecule has 0 saturated carbocycles. The molecule has 0 aliphatic heterocycles. The fourth-order valence-corrected chi connectivity index (χ4v) is 2.39. The van der Waals surface area contributed by atoms with Crippen molar-refractivity contribution in [1.82, 2.24) is 14.9 Å². The second kappa shape index (κ2) is 5.60. The number of hydrogen-bond acceptors (Lipinski definition) is 2. The smallest absolute Gasteiger partial charge is 0.251 e. The average Bonchev–Trinajstić information content (AvgIpc) is 2.88. The van der Waals surface area contributed by atoms with Crippen LogP contribution in [0.1, 0.15) is 28.9 Å². The highest BCUT2D eigenvalue weighted by molar-refractivity contribution is 5.97. The number of halogens is 1. The maximum atomic E-state index is 12.9. The first kappa shape index (κ1) is 14.3. The number of amides is 1. The molecule has 0 unspecified atom stereocenters. The van der Waals surface area contributed by atoms with Crippen LogP contribution in [0.4, 0.5) is 4.39 Å². The molecule has 4 nitrogen and oxygen atoms in total. The lowest BCUT2D eigenvalue weighted by Gasteiger charge is -2.14. The number of fused-ring (bicyclic) bond motifs is 1. The molecule has 0 aliphatic rings. The lowest BCUT2D eigenvalue weighted by atomic mass is 10.1. The Balaban J connectivity index is 1.78. The van der Waals surface area contributed by atoms with Gasteiger partial charge in [0.2, 0.25) is 0 Å². The van der Waals surface area contributed by atoms with Crippen molar-refractivity contribution in [3.05, 3.63) is 65.7 Å². The summed E-state index contributed by atoms with van der Waals surface area (Å²) in [4.78, 5) is 16.6. The van der Waals surface area contributed by atoms with Gasteiger partial charge in [-0.2, -0.15) is 0 Å². The second-order valence-corrected chi connectivity index (χ2v) is 5.31. The summed E-state index contributed by atoms with van der Waals surface area (Å²) in [5.41, 5.74) is 3.17. The van der Waals surface area contributed by atoms with E-state index in [2.05, 4.69) is 10.3 Å². The van der Waals surface area contributed by atoms with Crippen molar-refractivity contribution < 1.29 is 9.18 Å². The largest absolute Gasteiger partial charge is 0.346 e. The van der Waals surface area contributed by atoms with Crippen LogP contribution >= 0.6 is 0 Å². The Morgan fingerprint density at radius 1 is 1.23 bits per heavy atom. The monoisotopic (exact) mass is 297 g/mol. The standard InChI is InChI=1S/C17H16FN3O/c1-11(12-3-6-14(18)7-4-12)20-17(22)13-5-8-16-15(9-13)19-10-21(16)2/h3-11H,1-2H3,(H,20,22)/t11-/m1/s1. The van der Waals surface area contributed by atoms with Gasteiger partial charge in [0, 0.05) is 12.6 Å². The van der Waals surface area contributed by atoms with E-state index in [9.17, 15) is 9.18 Å². The van der Waals surface area contributed by atoms with E-state index in [0.717, 1.165) is 16.6 Å². The van der Waals surface area contributed by atoms with Crippen molar-refractivity contribution in [1.29, 1.82) is 0 Å². The van der Waals surface area contributed by atoms with Crippen molar-refractivity contribution in [3.8, 4) is 0 Å². The highest BCUT2D eigenvalue weighted by atomic mass is 19.1. The molecule has 5 heteroatoms. The van der Waals surface area contributed by atoms with Crippen LogP contribution < -0.4 is 5.32 Å². The van der Waals surface area contributed by atoms with Gasteiger partial charge in [0.05, 0.1) is 23.4 Å². The Morgan fingerprint density at radius 2 is 1.95 bits per heavy atom. The lowest BCUT2D eigenvalue weighted by molar-refractivity contribution is 0.0940. The summed E-state index contributed by atoms with van der Waals surface area (Å²) in [6.45, 7) is 1.87. The summed E-state index contributed by atoms with van der Waals surface area (Å²) in [6, 6.07) is 11.3. The van der Waals surface area contributed by atoms with Crippen molar-refractivity contribution in [3.63, 3.8) is 0 Å². The van der Waals surface area contributed by atoms with E-state index >= 15 is 0 Å². The van der Waals surface area contributed by atoms with E-state index in [0.29, 0.717) is 5.56 Å². The van der Waals surface area contributed by atoms with Crippen LogP contribution in [0.5, 0.6) is 0 Å². The first-order valence-electron chi connectivity index (χ1n) is 7.02. The Bertz CT molecular complexity index is 824. The minimum absolute atomic E-state index is 0.177. The molecular weight excluding hydrogens is 281 g/mol. The molecule has 0 aliphatic carbocycles. The molecule has 112 valence electrons. The number of carbonyl (C=O) groups excluding carboxylic acids is 1. The number of aromatic nitrogens is 2. The Hall–Kier alpha value is -2.69. The van der Waals surface area contributed by atoms with Crippen LogP contribution in [-0.4, -0.2) is 15.5 Å². The molecular formula is C17H16FN3O. The molecule has 1 heterocycles. The zero-order chi connectivity index (χ0) is 15.7. The summed E-state index contributed by atoms with van der Waals surface area (Å²) in [5, 5.41) is 2.91. The lowest BCUT2D eigenvalue weighted by Crippen LogP contribution is -2.26. The van der Waals surface area contributed by atoms with E-state index in [1.54, 1.807) is 30.6 Å². The number of carbonyl (C=O) groups is 1. The predicted molar refractivity (Wildman–Crippen MR) is 83.0 cm³/mol. The third-order valence-electron chi connectivity index (χ3n) is 3.71. The van der Waals surface area contributed by atoms with Gasteiger partial charge in [-0.25, -0.2) is 9.37 Å². The number of hydrogen-bond donors (Lipinski definition) is 1. The molecule has 2 aromatic carbocycles. The molecule has 1 amide bonds. The van der Waals surface area contributed by atoms with Crippen LogP contribution in [0.3, 0.4) is 0 Å². The molecule has 1 N–H and O–H groups in total. The fraction of sp³-hybridized carbons (Fsp3) is 0.176. The summed E-state index contributed by atoms with van der Waals surface area (Å²) in [5.74, 6) is -0.466. The van der Waals surface area contributed by atoms with Crippen molar-refractivity contribution in [2.75, 3.05) is 0 Å². The van der Waals surface area contributed by atoms with Gasteiger partial charge in [0.1, 0.15) is 5.82 Å². The summed E-state index contributed by atoms with van der Waals surface area (Å²) in [6.07, 6.45) is 1.72. The quantitative estimate of drug-likeness (QED) is 0.807. The molecule has 1 aromatic heterocycles. The van der Waals surface area contributed by atoms with Crippen molar-refractivity contribution in [2.24, 2.45) is 7.05 Å². The first-order valence-corrected chi connectivity index (χ1v) is 7.02. The number of rotatable bonds is 3. The molecule has 1 atom stereocenters. The molecule has 22 heavy (non-hydrogen) atoms. The number of nitrogens with one attached hydrogen (secondary N) is 1. The number of nitrogens with zero attached hydrogens (tertiary/aromatic N) is 2. The van der Waals surface area contributed by atoms with Gasteiger partial charge in [-0.05, 0) is 42.8 Å². The average molecular weight is 297 g/mol. The summed E-state index contributed by atoms with van der Waals surface area (Å²) < 4.78 is 14.8. The molecule has 0 spiro atoms. The third kappa shape index (κ3) is 2.70. The normalized spacial score (nSPS) is 12.3. The number of aryl methyl sites for hydroxylation is 1. The molecule has 0 fully saturated rings. The zero-order valence-corrected chi connectivity index (χ0v) is 12.4. The number of imidazole rings is 1. The van der Waals surface area contributed by atoms with Gasteiger partial charge in [0.15, 0.2) is 0 Å². The van der Waals surface area contributed by atoms with Gasteiger partial charge >= 0.3 is 0 Å². The van der Waals surface area contributed by atoms with Gasteiger partial charge in [-0.3, -0.25) is 4.79 Å². The van der Waals surface area contributed by atoms with Gasteiger partial charge in [-0.15, -0.1) is 0 Å². The third-order valence-corrected chi connectivity index (χ3v) is 3.71. The van der Waals surface area contributed by atoms with E-state index in [4.69, 9.17) is 0 Å². The topological polar surface area (TPSA) is 46.9 Å². The van der Waals surface area contributed by atoms with Gasteiger partial charge in [0.25, 0.3) is 5.91 Å². The van der Waals surface area contributed by atoms with E-state index in [1.165, 1.54) is 12.1 Å². The summed E-state index contributed by atoms with van der Waals surface area (Å²) >= 11 is 0. The highest BCUT2D eigenvalue weighted by Gasteiger charge is 2.12. The highest BCUT2D eigenvalue weighted by Crippen LogP contribution is 2.16. The van der Waals surface area contributed by atoms with Crippen LogP contribution in [0.15, 0.2) is 48.8 Å². The Labute approximate surface area is 127 Å². The zero-order valence-electron chi connectivity index (χ0n) is 12.4. The second-order valence-electron chi connectivity index (χ2n) is 5.31. The van der Waals surface area contributed by atoms with Crippen LogP contribution in [-0.2, 0) is 7.05 Å². The van der Waals surface area contributed by atoms with E-state index < -0.39 is 0 Å². The minimum Gasteiger partial charge on any atom is -0.346 e. The molecule has 0 bridgehead atoms. The maximum absolute atomic E-state index is 12.9. The van der Waals surface area contributed by atoms with Crippen molar-refractivity contribution >= 4 is 16.9 Å². The summed E-state index contributed by atoms with van der Waals surface area (Å²) in [7, 11) is 1.91. The minimum atomic E-state index is -0.289. The fourth-order valence-electron chi connectivity index (χ4n) is 2.39. The van der Waals surface area contributed by atoms with Gasteiger partial charge in [-0.1, -0.05) is 12.1 Å². The molecule has 3 aromatic rings. The van der Waals surface area contributed by atoms with Gasteiger partial charge < -0.3 is 9.88 Å². The first-order chi connectivity index (χ1) is 10.5. The Morgan fingerprint density at radius 3 is 2.68 bits per heavy atom.